The molecule has 19 heavy (non-hydrogen) atoms. The van der Waals surface area contributed by atoms with Crippen molar-refractivity contribution in [3.8, 4) is 0 Å². The van der Waals surface area contributed by atoms with Crippen LogP contribution in [0.1, 0.15) is 10.4 Å². The van der Waals surface area contributed by atoms with Crippen molar-refractivity contribution in [3.05, 3.63) is 37.9 Å². The van der Waals surface area contributed by atoms with E-state index in [1.807, 2.05) is 0 Å². The van der Waals surface area contributed by atoms with Crippen LogP contribution >= 0.6 is 27.3 Å². The van der Waals surface area contributed by atoms with Gasteiger partial charge in [0.05, 0.1) is 20.5 Å². The lowest BCUT2D eigenvalue weighted by Gasteiger charge is -2.03. The van der Waals surface area contributed by atoms with Crippen molar-refractivity contribution in [2.24, 2.45) is 0 Å². The molecule has 0 bridgehead atoms. The average Bonchev–Trinajstić information content (AvgIpc) is 2.74. The topological polar surface area (TPSA) is 124 Å². The van der Waals surface area contributed by atoms with Crippen LogP contribution in [0.2, 0.25) is 0 Å². The minimum atomic E-state index is -0.650. The van der Waals surface area contributed by atoms with Crippen LogP contribution in [0.15, 0.2) is 22.2 Å². The molecule has 0 saturated carbocycles. The van der Waals surface area contributed by atoms with Crippen LogP contribution in [0.25, 0.3) is 0 Å². The first-order valence-corrected chi connectivity index (χ1v) is 6.41. The molecular weight excluding hydrogens is 338 g/mol. The third-order valence-electron chi connectivity index (χ3n) is 2.06. The molecule has 2 aromatic rings. The SMILES string of the molecule is Nc1ncc([N+](=O)[O-])cc1C(=O)Nc1ncc(Br)s1. The van der Waals surface area contributed by atoms with E-state index >= 15 is 0 Å². The normalized spacial score (nSPS) is 10.2. The second-order valence-corrected chi connectivity index (χ2v) is 5.72. The number of nitro groups is 1. The largest absolute Gasteiger partial charge is 0.383 e. The number of carbonyl (C=O) groups is 1. The molecule has 0 spiro atoms. The lowest BCUT2D eigenvalue weighted by Crippen LogP contribution is -2.15. The van der Waals surface area contributed by atoms with E-state index in [1.165, 1.54) is 17.5 Å². The van der Waals surface area contributed by atoms with Gasteiger partial charge in [0.15, 0.2) is 5.13 Å². The quantitative estimate of drug-likeness (QED) is 0.649. The van der Waals surface area contributed by atoms with Gasteiger partial charge in [-0.2, -0.15) is 0 Å². The molecule has 0 aliphatic rings. The van der Waals surface area contributed by atoms with Crippen LogP contribution in [0.5, 0.6) is 0 Å². The molecule has 0 saturated heterocycles. The summed E-state index contributed by atoms with van der Waals surface area (Å²) in [5.74, 6) is -0.686. The molecule has 0 unspecified atom stereocenters. The van der Waals surface area contributed by atoms with E-state index < -0.39 is 10.8 Å². The van der Waals surface area contributed by atoms with Gasteiger partial charge in [0.25, 0.3) is 11.6 Å². The van der Waals surface area contributed by atoms with E-state index in [0.29, 0.717) is 5.13 Å². The molecule has 0 atom stereocenters. The first-order chi connectivity index (χ1) is 8.97. The van der Waals surface area contributed by atoms with Crippen LogP contribution < -0.4 is 11.1 Å². The monoisotopic (exact) mass is 343 g/mol. The molecule has 0 aliphatic heterocycles. The minimum absolute atomic E-state index is 0.0690. The summed E-state index contributed by atoms with van der Waals surface area (Å²) in [6.45, 7) is 0. The van der Waals surface area contributed by atoms with Crippen LogP contribution in [-0.2, 0) is 0 Å². The first-order valence-electron chi connectivity index (χ1n) is 4.80. The number of pyridine rings is 1. The number of aromatic nitrogens is 2. The zero-order chi connectivity index (χ0) is 14.0. The number of nitrogens with two attached hydrogens (primary N) is 1. The number of nitrogen functional groups attached to an aromatic ring is 1. The zero-order valence-electron chi connectivity index (χ0n) is 9.16. The second-order valence-electron chi connectivity index (χ2n) is 3.31. The average molecular weight is 344 g/mol. The van der Waals surface area contributed by atoms with Gasteiger partial charge in [0.2, 0.25) is 0 Å². The number of thiazole rings is 1. The highest BCUT2D eigenvalue weighted by atomic mass is 79.9. The number of nitrogens with zero attached hydrogens (tertiary/aromatic N) is 3. The van der Waals surface area contributed by atoms with Crippen LogP contribution in [0, 0.1) is 10.1 Å². The van der Waals surface area contributed by atoms with Crippen molar-refractivity contribution in [1.29, 1.82) is 0 Å². The van der Waals surface area contributed by atoms with Crippen LogP contribution in [0.4, 0.5) is 16.6 Å². The third-order valence-corrected chi connectivity index (χ3v) is 3.45. The van der Waals surface area contributed by atoms with Gasteiger partial charge in [0, 0.05) is 6.07 Å². The van der Waals surface area contributed by atoms with E-state index in [2.05, 4.69) is 31.2 Å². The maximum absolute atomic E-state index is 11.9. The summed E-state index contributed by atoms with van der Waals surface area (Å²) in [4.78, 5) is 29.4. The van der Waals surface area contributed by atoms with Gasteiger partial charge in [-0.3, -0.25) is 20.2 Å². The molecule has 1 amide bonds. The summed E-state index contributed by atoms with van der Waals surface area (Å²) in [6, 6.07) is 1.07. The smallest absolute Gasteiger partial charge is 0.288 e. The Labute approximate surface area is 119 Å². The lowest BCUT2D eigenvalue weighted by atomic mass is 10.2. The fourth-order valence-electron chi connectivity index (χ4n) is 1.22. The molecule has 2 heterocycles. The fraction of sp³-hybridized carbons (Fsp3) is 0. The molecule has 0 fully saturated rings. The Bertz CT molecular complexity index is 659. The summed E-state index contributed by atoms with van der Waals surface area (Å²) in [5, 5.41) is 13.5. The predicted molar refractivity (Wildman–Crippen MR) is 73.1 cm³/mol. The highest BCUT2D eigenvalue weighted by Gasteiger charge is 2.17. The number of anilines is 2. The Morgan fingerprint density at radius 1 is 1.47 bits per heavy atom. The first kappa shape index (κ1) is 13.4. The van der Waals surface area contributed by atoms with Crippen molar-refractivity contribution >= 4 is 49.8 Å². The summed E-state index contributed by atoms with van der Waals surface area (Å²) < 4.78 is 0.743. The van der Waals surface area contributed by atoms with E-state index in [4.69, 9.17) is 5.73 Å². The molecule has 0 aliphatic carbocycles. The molecule has 10 heteroatoms. The molecule has 2 aromatic heterocycles. The van der Waals surface area contributed by atoms with E-state index in [1.54, 1.807) is 0 Å². The summed E-state index contributed by atoms with van der Waals surface area (Å²) in [6.07, 6.45) is 2.52. The van der Waals surface area contributed by atoms with Crippen molar-refractivity contribution in [2.75, 3.05) is 11.1 Å². The third kappa shape index (κ3) is 3.03. The van der Waals surface area contributed by atoms with Crippen LogP contribution in [0.3, 0.4) is 0 Å². The molecule has 98 valence electrons. The number of rotatable bonds is 3. The van der Waals surface area contributed by atoms with Gasteiger partial charge >= 0.3 is 0 Å². The van der Waals surface area contributed by atoms with Crippen molar-refractivity contribution in [3.63, 3.8) is 0 Å². The number of hydrogen-bond donors (Lipinski definition) is 2. The van der Waals surface area contributed by atoms with Gasteiger partial charge in [-0.15, -0.1) is 0 Å². The Morgan fingerprint density at radius 2 is 2.21 bits per heavy atom. The lowest BCUT2D eigenvalue weighted by molar-refractivity contribution is -0.385. The number of carbonyl (C=O) groups excluding carboxylic acids is 1. The molecule has 8 nitrogen and oxygen atoms in total. The van der Waals surface area contributed by atoms with Gasteiger partial charge in [-0.05, 0) is 15.9 Å². The second kappa shape index (κ2) is 5.28. The van der Waals surface area contributed by atoms with Crippen molar-refractivity contribution in [1.82, 2.24) is 9.97 Å². The van der Waals surface area contributed by atoms with E-state index in [-0.39, 0.29) is 17.1 Å². The number of halogens is 1. The Balaban J connectivity index is 2.27. The molecule has 2 rings (SSSR count). The number of amides is 1. The molecule has 3 N–H and O–H groups in total. The number of hydrogen-bond acceptors (Lipinski definition) is 7. The summed E-state index contributed by atoms with van der Waals surface area (Å²) in [5.41, 5.74) is 5.15. The van der Waals surface area contributed by atoms with E-state index in [0.717, 1.165) is 16.0 Å². The maximum Gasteiger partial charge on any atom is 0.288 e. The maximum atomic E-state index is 11.9. The highest BCUT2D eigenvalue weighted by molar-refractivity contribution is 9.11. The zero-order valence-corrected chi connectivity index (χ0v) is 11.6. The van der Waals surface area contributed by atoms with Gasteiger partial charge in [-0.1, -0.05) is 11.3 Å². The van der Waals surface area contributed by atoms with Crippen LogP contribution in [-0.4, -0.2) is 20.8 Å². The fourth-order valence-corrected chi connectivity index (χ4v) is 2.32. The van der Waals surface area contributed by atoms with Crippen molar-refractivity contribution < 1.29 is 9.72 Å². The summed E-state index contributed by atoms with van der Waals surface area (Å²) in [7, 11) is 0. The molecule has 0 radical (unpaired) electrons. The standard InChI is InChI=1S/C9H6BrN5O3S/c10-6-3-13-9(19-6)14-8(16)5-1-4(15(17)18)2-12-7(5)11/h1-3H,(H2,11,12)(H,13,14,16). The van der Waals surface area contributed by atoms with Gasteiger partial charge in [-0.25, -0.2) is 9.97 Å². The Hall–Kier alpha value is -2.07. The van der Waals surface area contributed by atoms with E-state index in [9.17, 15) is 14.9 Å². The highest BCUT2D eigenvalue weighted by Crippen LogP contribution is 2.24. The summed E-state index contributed by atoms with van der Waals surface area (Å²) >= 11 is 4.41. The molecule has 0 aromatic carbocycles. The van der Waals surface area contributed by atoms with Gasteiger partial charge < -0.3 is 5.73 Å². The van der Waals surface area contributed by atoms with Gasteiger partial charge in [0.1, 0.15) is 12.0 Å². The Kier molecular flexibility index (Phi) is 3.71. The number of nitrogens with one attached hydrogen (secondary N) is 1. The molecular formula is C9H6BrN5O3S. The minimum Gasteiger partial charge on any atom is -0.383 e. The predicted octanol–water partition coefficient (Wildman–Crippen LogP) is 2.04. The van der Waals surface area contributed by atoms with Crippen molar-refractivity contribution in [2.45, 2.75) is 0 Å². The Morgan fingerprint density at radius 3 is 2.79 bits per heavy atom.